The van der Waals surface area contributed by atoms with Crippen molar-refractivity contribution >= 4 is 44.2 Å². The molecule has 0 radical (unpaired) electrons. The molecule has 0 aliphatic carbocycles. The fraction of sp³-hybridized carbons (Fsp3) is 0.467. The fourth-order valence-corrected chi connectivity index (χ4v) is 3.59. The Balaban J connectivity index is 1.68. The van der Waals surface area contributed by atoms with Crippen LogP contribution in [0.1, 0.15) is 20.8 Å². The molecule has 1 fully saturated rings. The van der Waals surface area contributed by atoms with Crippen LogP contribution in [0.3, 0.4) is 0 Å². The molecule has 1 aromatic carbocycles. The smallest absolute Gasteiger partial charge is 0.227 e. The fourth-order valence-electron chi connectivity index (χ4n) is 2.31. The first-order valence-corrected chi connectivity index (χ1v) is 8.15. The van der Waals surface area contributed by atoms with Gasteiger partial charge < -0.3 is 10.2 Å². The van der Waals surface area contributed by atoms with Crippen molar-refractivity contribution in [2.75, 3.05) is 18.0 Å². The lowest BCUT2D eigenvalue weighted by atomic mass is 9.98. The molecule has 1 N–H and O–H groups in total. The molecule has 0 bridgehead atoms. The molecule has 1 amide bonds. The van der Waals surface area contributed by atoms with Gasteiger partial charge in [0.05, 0.1) is 15.6 Å². The Labute approximate surface area is 133 Å². The number of rotatable bonds is 2. The van der Waals surface area contributed by atoms with Crippen LogP contribution in [-0.2, 0) is 4.79 Å². The first-order chi connectivity index (χ1) is 9.83. The van der Waals surface area contributed by atoms with E-state index in [1.807, 2.05) is 39.0 Å². The Bertz CT molecular complexity index is 686. The summed E-state index contributed by atoms with van der Waals surface area (Å²) < 4.78 is 1.08. The predicted octanol–water partition coefficient (Wildman–Crippen LogP) is 3.30. The van der Waals surface area contributed by atoms with E-state index in [1.165, 1.54) is 0 Å². The average Bonchev–Trinajstić information content (AvgIpc) is 2.69. The minimum Gasteiger partial charge on any atom is -0.351 e. The zero-order chi connectivity index (χ0) is 15.2. The standard InChI is InChI=1S/C15H18ClN3OS/c1-15(2,3)18-13(20)9-7-19(8-9)14-17-12-10(16)5-4-6-11(12)21-14/h4-6,9H,7-8H2,1-3H3,(H,18,20). The topological polar surface area (TPSA) is 45.2 Å². The van der Waals surface area contributed by atoms with Gasteiger partial charge >= 0.3 is 0 Å². The van der Waals surface area contributed by atoms with Crippen molar-refractivity contribution in [1.29, 1.82) is 0 Å². The third kappa shape index (κ3) is 2.99. The predicted molar refractivity (Wildman–Crippen MR) is 88.2 cm³/mol. The quantitative estimate of drug-likeness (QED) is 0.922. The number of amides is 1. The molecule has 2 heterocycles. The van der Waals surface area contributed by atoms with Crippen molar-refractivity contribution in [3.8, 4) is 0 Å². The SMILES string of the molecule is CC(C)(C)NC(=O)C1CN(c2nc3c(Cl)cccc3s2)C1. The van der Waals surface area contributed by atoms with Crippen LogP contribution in [0.15, 0.2) is 18.2 Å². The summed E-state index contributed by atoms with van der Waals surface area (Å²) in [6, 6.07) is 5.80. The Morgan fingerprint density at radius 3 is 2.76 bits per heavy atom. The monoisotopic (exact) mass is 323 g/mol. The van der Waals surface area contributed by atoms with Crippen LogP contribution in [0.2, 0.25) is 5.02 Å². The van der Waals surface area contributed by atoms with Crippen LogP contribution in [0.4, 0.5) is 5.13 Å². The van der Waals surface area contributed by atoms with Crippen molar-refractivity contribution in [1.82, 2.24) is 10.3 Å². The first kappa shape index (κ1) is 14.6. The summed E-state index contributed by atoms with van der Waals surface area (Å²) in [5, 5.41) is 4.65. The normalized spacial score (nSPS) is 16.1. The maximum atomic E-state index is 12.1. The van der Waals surface area contributed by atoms with Gasteiger partial charge in [-0.1, -0.05) is 29.0 Å². The number of nitrogens with one attached hydrogen (secondary N) is 1. The highest BCUT2D eigenvalue weighted by molar-refractivity contribution is 7.22. The van der Waals surface area contributed by atoms with Crippen LogP contribution in [-0.4, -0.2) is 29.5 Å². The summed E-state index contributed by atoms with van der Waals surface area (Å²) in [5.74, 6) is 0.171. The number of carbonyl (C=O) groups is 1. The summed E-state index contributed by atoms with van der Waals surface area (Å²) in [6.07, 6.45) is 0. The molecule has 0 saturated carbocycles. The van der Waals surface area contributed by atoms with E-state index in [-0.39, 0.29) is 17.4 Å². The molecule has 0 unspecified atom stereocenters. The molecule has 0 spiro atoms. The molecule has 1 aliphatic rings. The molecule has 21 heavy (non-hydrogen) atoms. The lowest BCUT2D eigenvalue weighted by Gasteiger charge is -2.39. The van der Waals surface area contributed by atoms with E-state index in [9.17, 15) is 4.79 Å². The molecular formula is C15H18ClN3OS. The average molecular weight is 324 g/mol. The van der Waals surface area contributed by atoms with E-state index in [4.69, 9.17) is 11.6 Å². The first-order valence-electron chi connectivity index (χ1n) is 6.95. The number of fused-ring (bicyclic) bond motifs is 1. The number of hydrogen-bond acceptors (Lipinski definition) is 4. The molecule has 1 aliphatic heterocycles. The maximum Gasteiger partial charge on any atom is 0.227 e. The van der Waals surface area contributed by atoms with Gasteiger partial charge in [-0.2, -0.15) is 0 Å². The number of benzene rings is 1. The van der Waals surface area contributed by atoms with Crippen molar-refractivity contribution in [3.63, 3.8) is 0 Å². The van der Waals surface area contributed by atoms with Crippen LogP contribution < -0.4 is 10.2 Å². The molecule has 2 aromatic rings. The number of anilines is 1. The second kappa shape index (κ2) is 5.14. The summed E-state index contributed by atoms with van der Waals surface area (Å²) in [6.45, 7) is 7.43. The number of nitrogens with zero attached hydrogens (tertiary/aromatic N) is 2. The van der Waals surface area contributed by atoms with Gasteiger partial charge in [0.15, 0.2) is 5.13 Å². The molecule has 112 valence electrons. The van der Waals surface area contributed by atoms with Crippen molar-refractivity contribution in [3.05, 3.63) is 23.2 Å². The number of para-hydroxylation sites is 1. The number of carbonyl (C=O) groups excluding carboxylic acids is 1. The largest absolute Gasteiger partial charge is 0.351 e. The van der Waals surface area contributed by atoms with Gasteiger partial charge in [0.1, 0.15) is 5.52 Å². The number of thiazole rings is 1. The maximum absolute atomic E-state index is 12.1. The molecule has 1 saturated heterocycles. The Kier molecular flexibility index (Phi) is 3.58. The van der Waals surface area contributed by atoms with Gasteiger partial charge in [-0.25, -0.2) is 4.98 Å². The minimum absolute atomic E-state index is 0.0479. The Hall–Kier alpha value is -1.33. The highest BCUT2D eigenvalue weighted by Crippen LogP contribution is 2.35. The minimum atomic E-state index is -0.180. The van der Waals surface area contributed by atoms with E-state index in [1.54, 1.807) is 11.3 Å². The van der Waals surface area contributed by atoms with Gasteiger partial charge in [-0.15, -0.1) is 0 Å². The van der Waals surface area contributed by atoms with Gasteiger partial charge in [-0.3, -0.25) is 4.79 Å². The molecule has 4 nitrogen and oxygen atoms in total. The number of halogens is 1. The van der Waals surface area contributed by atoms with Gasteiger partial charge in [0, 0.05) is 18.6 Å². The summed E-state index contributed by atoms with van der Waals surface area (Å²) in [4.78, 5) is 18.8. The zero-order valence-electron chi connectivity index (χ0n) is 12.3. The summed E-state index contributed by atoms with van der Waals surface area (Å²) in [7, 11) is 0. The molecular weight excluding hydrogens is 306 g/mol. The summed E-state index contributed by atoms with van der Waals surface area (Å²) in [5.41, 5.74) is 0.669. The van der Waals surface area contributed by atoms with E-state index in [0.717, 1.165) is 28.4 Å². The second-order valence-electron chi connectivity index (χ2n) is 6.42. The second-order valence-corrected chi connectivity index (χ2v) is 7.84. The van der Waals surface area contributed by atoms with Crippen molar-refractivity contribution in [2.45, 2.75) is 26.3 Å². The van der Waals surface area contributed by atoms with Crippen molar-refractivity contribution in [2.24, 2.45) is 5.92 Å². The van der Waals surface area contributed by atoms with Crippen LogP contribution in [0.25, 0.3) is 10.2 Å². The molecule has 6 heteroatoms. The van der Waals surface area contributed by atoms with E-state index in [2.05, 4.69) is 15.2 Å². The van der Waals surface area contributed by atoms with E-state index in [0.29, 0.717) is 5.02 Å². The van der Waals surface area contributed by atoms with Gasteiger partial charge in [0.25, 0.3) is 0 Å². The Morgan fingerprint density at radius 2 is 2.14 bits per heavy atom. The van der Waals surface area contributed by atoms with E-state index >= 15 is 0 Å². The number of hydrogen-bond donors (Lipinski definition) is 1. The van der Waals surface area contributed by atoms with Crippen molar-refractivity contribution < 1.29 is 4.79 Å². The summed E-state index contributed by atoms with van der Waals surface area (Å²) >= 11 is 7.77. The zero-order valence-corrected chi connectivity index (χ0v) is 13.9. The highest BCUT2D eigenvalue weighted by atomic mass is 35.5. The lowest BCUT2D eigenvalue weighted by molar-refractivity contribution is -0.127. The third-order valence-electron chi connectivity index (χ3n) is 3.38. The van der Waals surface area contributed by atoms with Crippen LogP contribution >= 0.6 is 22.9 Å². The van der Waals surface area contributed by atoms with Crippen LogP contribution in [0, 0.1) is 5.92 Å². The third-order valence-corrected chi connectivity index (χ3v) is 4.77. The van der Waals surface area contributed by atoms with Gasteiger partial charge in [0.2, 0.25) is 5.91 Å². The van der Waals surface area contributed by atoms with E-state index < -0.39 is 0 Å². The Morgan fingerprint density at radius 1 is 1.43 bits per heavy atom. The molecule has 3 rings (SSSR count). The molecule has 0 atom stereocenters. The lowest BCUT2D eigenvalue weighted by Crippen LogP contribution is -2.56. The number of aromatic nitrogens is 1. The highest BCUT2D eigenvalue weighted by Gasteiger charge is 2.35. The van der Waals surface area contributed by atoms with Gasteiger partial charge in [-0.05, 0) is 32.9 Å². The van der Waals surface area contributed by atoms with Crippen LogP contribution in [0.5, 0.6) is 0 Å². The molecule has 1 aromatic heterocycles.